The van der Waals surface area contributed by atoms with Crippen LogP contribution in [0.15, 0.2) is 42.0 Å². The average molecular weight is 443 g/mol. The van der Waals surface area contributed by atoms with Gasteiger partial charge in [-0.3, -0.25) is 9.59 Å². The highest BCUT2D eigenvalue weighted by Gasteiger charge is 2.46. The molecular formula is C23H25NO8. The van der Waals surface area contributed by atoms with Crippen molar-refractivity contribution >= 4 is 17.4 Å². The molecule has 0 radical (unpaired) electrons. The molecule has 2 aromatic carbocycles. The zero-order valence-corrected chi connectivity index (χ0v) is 18.2. The fraction of sp³-hybridized carbons (Fsp3) is 0.304. The Morgan fingerprint density at radius 2 is 1.66 bits per heavy atom. The minimum atomic E-state index is -0.960. The second-order valence-corrected chi connectivity index (χ2v) is 6.98. The van der Waals surface area contributed by atoms with E-state index in [0.717, 1.165) is 0 Å². The molecule has 0 aliphatic carbocycles. The van der Waals surface area contributed by atoms with Gasteiger partial charge in [-0.2, -0.15) is 0 Å². The number of aliphatic hydroxyl groups is 1. The first kappa shape index (κ1) is 23.0. The van der Waals surface area contributed by atoms with Crippen LogP contribution in [0.5, 0.6) is 23.0 Å². The molecule has 1 atom stereocenters. The van der Waals surface area contributed by atoms with E-state index >= 15 is 0 Å². The van der Waals surface area contributed by atoms with E-state index in [-0.39, 0.29) is 35.8 Å². The first-order valence-corrected chi connectivity index (χ1v) is 9.74. The van der Waals surface area contributed by atoms with Crippen LogP contribution in [0.1, 0.15) is 17.2 Å². The van der Waals surface area contributed by atoms with E-state index in [0.29, 0.717) is 17.1 Å². The summed E-state index contributed by atoms with van der Waals surface area (Å²) in [4.78, 5) is 27.2. The van der Waals surface area contributed by atoms with Crippen molar-refractivity contribution < 1.29 is 38.7 Å². The number of amides is 1. The van der Waals surface area contributed by atoms with Gasteiger partial charge >= 0.3 is 0 Å². The standard InChI is InChI=1S/C23H25NO8/c1-29-10-9-24-20(13-5-7-18(32-4)16(25)11-13)19(22(27)23(24)28)21(26)15-12-14(30-2)6-8-17(15)31-3/h5-8,11-12,20,25-26H,9-10H2,1-4H3/b21-19+. The molecule has 1 unspecified atom stereocenters. The number of hydrogen-bond acceptors (Lipinski definition) is 8. The largest absolute Gasteiger partial charge is 0.507 e. The van der Waals surface area contributed by atoms with Crippen LogP contribution in [0.25, 0.3) is 5.76 Å². The molecule has 3 rings (SSSR count). The molecule has 1 amide bonds. The fourth-order valence-corrected chi connectivity index (χ4v) is 3.67. The molecular weight excluding hydrogens is 418 g/mol. The number of likely N-dealkylation sites (tertiary alicyclic amines) is 1. The molecule has 0 bridgehead atoms. The minimum absolute atomic E-state index is 0.102. The third-order valence-electron chi connectivity index (χ3n) is 5.26. The molecule has 9 nitrogen and oxygen atoms in total. The second kappa shape index (κ2) is 9.61. The molecule has 1 aliphatic rings. The summed E-state index contributed by atoms with van der Waals surface area (Å²) in [5.74, 6) is -1.27. The van der Waals surface area contributed by atoms with Gasteiger partial charge in [0.25, 0.3) is 11.7 Å². The number of nitrogens with zero attached hydrogens (tertiary/aromatic N) is 1. The number of aliphatic hydroxyl groups excluding tert-OH is 1. The van der Waals surface area contributed by atoms with Crippen molar-refractivity contribution in [3.63, 3.8) is 0 Å². The van der Waals surface area contributed by atoms with E-state index in [1.807, 2.05) is 0 Å². The zero-order chi connectivity index (χ0) is 23.4. The Morgan fingerprint density at radius 3 is 2.25 bits per heavy atom. The second-order valence-electron chi connectivity index (χ2n) is 6.98. The number of rotatable bonds is 8. The number of phenolic OH excluding ortho intramolecular Hbond substituents is 1. The number of aromatic hydroxyl groups is 1. The van der Waals surface area contributed by atoms with E-state index in [1.165, 1.54) is 51.5 Å². The topological polar surface area (TPSA) is 115 Å². The lowest BCUT2D eigenvalue weighted by Crippen LogP contribution is -2.32. The van der Waals surface area contributed by atoms with E-state index < -0.39 is 23.5 Å². The maximum atomic E-state index is 13.0. The molecule has 170 valence electrons. The van der Waals surface area contributed by atoms with Gasteiger partial charge in [0.1, 0.15) is 17.3 Å². The maximum absolute atomic E-state index is 13.0. The molecule has 0 aromatic heterocycles. The number of Topliss-reactive ketones (excluding diaryl/α,β-unsaturated/α-hetero) is 1. The first-order valence-electron chi connectivity index (χ1n) is 9.74. The first-order chi connectivity index (χ1) is 15.4. The summed E-state index contributed by atoms with van der Waals surface area (Å²) >= 11 is 0. The normalized spacial score (nSPS) is 17.5. The van der Waals surface area contributed by atoms with Crippen LogP contribution in [0, 0.1) is 0 Å². The summed E-state index contributed by atoms with van der Waals surface area (Å²) in [6, 6.07) is 8.32. The van der Waals surface area contributed by atoms with Crippen LogP contribution in [0.4, 0.5) is 0 Å². The van der Waals surface area contributed by atoms with Crippen molar-refractivity contribution in [2.24, 2.45) is 0 Å². The Morgan fingerprint density at radius 1 is 0.969 bits per heavy atom. The lowest BCUT2D eigenvalue weighted by atomic mass is 9.94. The fourth-order valence-electron chi connectivity index (χ4n) is 3.67. The van der Waals surface area contributed by atoms with Crippen molar-refractivity contribution in [2.45, 2.75) is 6.04 Å². The summed E-state index contributed by atoms with van der Waals surface area (Å²) in [5, 5.41) is 21.5. The van der Waals surface area contributed by atoms with E-state index in [1.54, 1.807) is 18.2 Å². The molecule has 1 fully saturated rings. The van der Waals surface area contributed by atoms with Crippen LogP contribution in [-0.4, -0.2) is 68.4 Å². The highest BCUT2D eigenvalue weighted by Crippen LogP contribution is 2.43. The van der Waals surface area contributed by atoms with Gasteiger partial charge in [-0.1, -0.05) is 6.07 Å². The zero-order valence-electron chi connectivity index (χ0n) is 18.2. The Labute approximate surface area is 185 Å². The number of carbonyl (C=O) groups excluding carboxylic acids is 2. The number of benzene rings is 2. The molecule has 1 aliphatic heterocycles. The molecule has 32 heavy (non-hydrogen) atoms. The Balaban J connectivity index is 2.24. The number of carbonyl (C=O) groups is 2. The monoisotopic (exact) mass is 443 g/mol. The highest BCUT2D eigenvalue weighted by atomic mass is 16.5. The van der Waals surface area contributed by atoms with Crippen LogP contribution >= 0.6 is 0 Å². The quantitative estimate of drug-likeness (QED) is 0.363. The van der Waals surface area contributed by atoms with Crippen LogP contribution in [-0.2, 0) is 14.3 Å². The Hall–Kier alpha value is -3.72. The number of hydrogen-bond donors (Lipinski definition) is 2. The lowest BCUT2D eigenvalue weighted by Gasteiger charge is -2.25. The van der Waals surface area contributed by atoms with Crippen LogP contribution in [0.2, 0.25) is 0 Å². The van der Waals surface area contributed by atoms with E-state index in [4.69, 9.17) is 18.9 Å². The lowest BCUT2D eigenvalue weighted by molar-refractivity contribution is -0.140. The van der Waals surface area contributed by atoms with Gasteiger partial charge in [0.15, 0.2) is 11.5 Å². The molecule has 1 saturated heterocycles. The number of ether oxygens (including phenoxy) is 4. The smallest absolute Gasteiger partial charge is 0.295 e. The molecule has 1 heterocycles. The van der Waals surface area contributed by atoms with Gasteiger partial charge < -0.3 is 34.1 Å². The molecule has 9 heteroatoms. The van der Waals surface area contributed by atoms with Crippen LogP contribution in [0.3, 0.4) is 0 Å². The number of methoxy groups -OCH3 is 4. The maximum Gasteiger partial charge on any atom is 0.295 e. The summed E-state index contributed by atoms with van der Waals surface area (Å²) in [6.45, 7) is 0.277. The van der Waals surface area contributed by atoms with Gasteiger partial charge in [0, 0.05) is 13.7 Å². The summed E-state index contributed by atoms with van der Waals surface area (Å²) in [6.07, 6.45) is 0. The van der Waals surface area contributed by atoms with Crippen LogP contribution < -0.4 is 14.2 Å². The van der Waals surface area contributed by atoms with Gasteiger partial charge in [-0.25, -0.2) is 0 Å². The van der Waals surface area contributed by atoms with Crippen molar-refractivity contribution in [1.29, 1.82) is 0 Å². The number of ketones is 1. The average Bonchev–Trinajstić information content (AvgIpc) is 3.06. The van der Waals surface area contributed by atoms with Gasteiger partial charge in [-0.05, 0) is 35.9 Å². The Bertz CT molecular complexity index is 1060. The molecule has 0 saturated carbocycles. The van der Waals surface area contributed by atoms with Crippen molar-refractivity contribution in [1.82, 2.24) is 4.90 Å². The summed E-state index contributed by atoms with van der Waals surface area (Å²) in [7, 11) is 5.78. The molecule has 0 spiro atoms. The van der Waals surface area contributed by atoms with Crippen molar-refractivity contribution in [3.8, 4) is 23.0 Å². The summed E-state index contributed by atoms with van der Waals surface area (Å²) < 4.78 is 20.7. The molecule has 2 N–H and O–H groups in total. The third kappa shape index (κ3) is 4.06. The highest BCUT2D eigenvalue weighted by molar-refractivity contribution is 6.46. The van der Waals surface area contributed by atoms with Crippen molar-refractivity contribution in [2.75, 3.05) is 41.6 Å². The van der Waals surface area contributed by atoms with Gasteiger partial charge in [-0.15, -0.1) is 0 Å². The van der Waals surface area contributed by atoms with Gasteiger partial charge in [0.2, 0.25) is 0 Å². The van der Waals surface area contributed by atoms with Crippen molar-refractivity contribution in [3.05, 3.63) is 53.1 Å². The summed E-state index contributed by atoms with van der Waals surface area (Å²) in [5.41, 5.74) is 0.476. The van der Waals surface area contributed by atoms with Gasteiger partial charge in [0.05, 0.1) is 45.1 Å². The molecule has 2 aromatic rings. The predicted octanol–water partition coefficient (Wildman–Crippen LogP) is 2.49. The third-order valence-corrected chi connectivity index (χ3v) is 5.26. The minimum Gasteiger partial charge on any atom is -0.507 e. The SMILES string of the molecule is COCCN1C(=O)C(=O)/C(=C(/O)c2cc(OC)ccc2OC)C1c1ccc(OC)c(O)c1. The number of phenols is 1. The predicted molar refractivity (Wildman–Crippen MR) is 115 cm³/mol. The van der Waals surface area contributed by atoms with E-state index in [2.05, 4.69) is 0 Å². The van der Waals surface area contributed by atoms with E-state index in [9.17, 15) is 19.8 Å². The Kier molecular flexibility index (Phi) is 6.89.